The Morgan fingerprint density at radius 2 is 1.79 bits per heavy atom. The molecular formula is C15H15F2NO. The van der Waals surface area contributed by atoms with Crippen molar-refractivity contribution in [2.45, 2.75) is 20.4 Å². The topological polar surface area (TPSA) is 32.3 Å². The van der Waals surface area contributed by atoms with Gasteiger partial charge in [0.05, 0.1) is 5.69 Å². The van der Waals surface area contributed by atoms with Gasteiger partial charge in [0.15, 0.2) is 0 Å². The van der Waals surface area contributed by atoms with Gasteiger partial charge < -0.3 is 10.4 Å². The molecule has 2 aromatic carbocycles. The minimum Gasteiger partial charge on any atom is -0.508 e. The van der Waals surface area contributed by atoms with E-state index in [-0.39, 0.29) is 23.5 Å². The van der Waals surface area contributed by atoms with Crippen LogP contribution in [0.15, 0.2) is 30.3 Å². The van der Waals surface area contributed by atoms with E-state index in [2.05, 4.69) is 5.32 Å². The van der Waals surface area contributed by atoms with E-state index in [0.29, 0.717) is 5.56 Å². The lowest BCUT2D eigenvalue weighted by atomic mass is 10.1. The van der Waals surface area contributed by atoms with Gasteiger partial charge in [-0.25, -0.2) is 8.78 Å². The standard InChI is InChI=1S/C15H15F2NO/c1-9-3-4-15(19)11(5-9)8-18-14-7-12(16)10(2)6-13(14)17/h3-7,18-19H,8H2,1-2H3. The number of hydrogen-bond donors (Lipinski definition) is 2. The summed E-state index contributed by atoms with van der Waals surface area (Å²) in [6.07, 6.45) is 0. The number of aryl methyl sites for hydroxylation is 2. The molecule has 2 N–H and O–H groups in total. The van der Waals surface area contributed by atoms with Gasteiger partial charge >= 0.3 is 0 Å². The third-order valence-corrected chi connectivity index (χ3v) is 2.95. The summed E-state index contributed by atoms with van der Waals surface area (Å²) in [5.74, 6) is -0.838. The molecule has 0 aromatic heterocycles. The van der Waals surface area contributed by atoms with Crippen LogP contribution in [0.4, 0.5) is 14.5 Å². The monoisotopic (exact) mass is 263 g/mol. The first-order chi connectivity index (χ1) is 8.97. The van der Waals surface area contributed by atoms with Crippen molar-refractivity contribution in [3.63, 3.8) is 0 Å². The number of hydrogen-bond acceptors (Lipinski definition) is 2. The number of phenols is 1. The van der Waals surface area contributed by atoms with E-state index in [1.807, 2.05) is 6.92 Å². The Balaban J connectivity index is 2.19. The average Bonchev–Trinajstić information content (AvgIpc) is 2.36. The van der Waals surface area contributed by atoms with E-state index in [0.717, 1.165) is 17.7 Å². The Labute approximate surface area is 110 Å². The van der Waals surface area contributed by atoms with Crippen LogP contribution in [0.1, 0.15) is 16.7 Å². The summed E-state index contributed by atoms with van der Waals surface area (Å²) in [4.78, 5) is 0. The number of benzene rings is 2. The molecule has 0 aliphatic heterocycles. The van der Waals surface area contributed by atoms with Gasteiger partial charge in [0.2, 0.25) is 0 Å². The van der Waals surface area contributed by atoms with Crippen molar-refractivity contribution < 1.29 is 13.9 Å². The molecule has 2 aromatic rings. The highest BCUT2D eigenvalue weighted by atomic mass is 19.1. The van der Waals surface area contributed by atoms with E-state index >= 15 is 0 Å². The molecule has 4 heteroatoms. The fourth-order valence-electron chi connectivity index (χ4n) is 1.83. The predicted molar refractivity (Wildman–Crippen MR) is 71.3 cm³/mol. The van der Waals surface area contributed by atoms with Crippen molar-refractivity contribution in [2.75, 3.05) is 5.32 Å². The molecule has 2 nitrogen and oxygen atoms in total. The lowest BCUT2D eigenvalue weighted by molar-refractivity contribution is 0.469. The molecule has 19 heavy (non-hydrogen) atoms. The minimum atomic E-state index is -0.508. The summed E-state index contributed by atoms with van der Waals surface area (Å²) in [5, 5.41) is 12.5. The molecule has 0 unspecified atom stereocenters. The lowest BCUT2D eigenvalue weighted by Crippen LogP contribution is -2.03. The van der Waals surface area contributed by atoms with E-state index in [1.165, 1.54) is 6.92 Å². The molecule has 0 aliphatic rings. The van der Waals surface area contributed by atoms with Gasteiger partial charge in [-0.15, -0.1) is 0 Å². The van der Waals surface area contributed by atoms with Crippen molar-refractivity contribution in [3.8, 4) is 5.75 Å². The van der Waals surface area contributed by atoms with E-state index < -0.39 is 11.6 Å². The highest BCUT2D eigenvalue weighted by molar-refractivity contribution is 5.48. The quantitative estimate of drug-likeness (QED) is 0.880. The van der Waals surface area contributed by atoms with Crippen LogP contribution >= 0.6 is 0 Å². The van der Waals surface area contributed by atoms with E-state index in [4.69, 9.17) is 0 Å². The molecule has 0 spiro atoms. The summed E-state index contributed by atoms with van der Waals surface area (Å²) in [7, 11) is 0. The number of rotatable bonds is 3. The molecule has 0 amide bonds. The first-order valence-corrected chi connectivity index (χ1v) is 5.95. The minimum absolute atomic E-state index is 0.0870. The van der Waals surface area contributed by atoms with Crippen LogP contribution < -0.4 is 5.32 Å². The van der Waals surface area contributed by atoms with Gasteiger partial charge in [-0.1, -0.05) is 17.7 Å². The highest BCUT2D eigenvalue weighted by Crippen LogP contribution is 2.22. The first kappa shape index (κ1) is 13.3. The van der Waals surface area contributed by atoms with Crippen LogP contribution in [0, 0.1) is 25.5 Å². The lowest BCUT2D eigenvalue weighted by Gasteiger charge is -2.10. The van der Waals surface area contributed by atoms with Gasteiger partial charge in [-0.2, -0.15) is 0 Å². The van der Waals surface area contributed by atoms with Crippen molar-refractivity contribution in [2.24, 2.45) is 0 Å². The van der Waals surface area contributed by atoms with Crippen LogP contribution in [-0.4, -0.2) is 5.11 Å². The number of halogens is 2. The largest absolute Gasteiger partial charge is 0.508 e. The zero-order chi connectivity index (χ0) is 14.0. The van der Waals surface area contributed by atoms with Crippen LogP contribution in [0.25, 0.3) is 0 Å². The second kappa shape index (κ2) is 5.26. The van der Waals surface area contributed by atoms with Gasteiger partial charge in [0, 0.05) is 18.2 Å². The molecule has 0 atom stereocenters. The third kappa shape index (κ3) is 3.02. The van der Waals surface area contributed by atoms with Crippen molar-refractivity contribution >= 4 is 5.69 Å². The normalized spacial score (nSPS) is 10.5. The summed E-state index contributed by atoms with van der Waals surface area (Å²) in [5.41, 5.74) is 1.98. The summed E-state index contributed by atoms with van der Waals surface area (Å²) in [6.45, 7) is 3.64. The fourth-order valence-corrected chi connectivity index (χ4v) is 1.83. The zero-order valence-electron chi connectivity index (χ0n) is 10.8. The van der Waals surface area contributed by atoms with Crippen LogP contribution in [0.3, 0.4) is 0 Å². The number of anilines is 1. The molecule has 0 saturated carbocycles. The van der Waals surface area contributed by atoms with Crippen LogP contribution in [0.2, 0.25) is 0 Å². The Kier molecular flexibility index (Phi) is 3.69. The summed E-state index contributed by atoms with van der Waals surface area (Å²) < 4.78 is 27.0. The summed E-state index contributed by atoms with van der Waals surface area (Å²) >= 11 is 0. The Morgan fingerprint density at radius 1 is 1.05 bits per heavy atom. The van der Waals surface area contributed by atoms with Crippen molar-refractivity contribution in [3.05, 3.63) is 58.7 Å². The predicted octanol–water partition coefficient (Wildman–Crippen LogP) is 3.90. The maximum atomic E-state index is 13.6. The van der Waals surface area contributed by atoms with E-state index in [9.17, 15) is 13.9 Å². The average molecular weight is 263 g/mol. The highest BCUT2D eigenvalue weighted by Gasteiger charge is 2.08. The Morgan fingerprint density at radius 3 is 2.53 bits per heavy atom. The third-order valence-electron chi connectivity index (χ3n) is 2.95. The van der Waals surface area contributed by atoms with Gasteiger partial charge in [0.1, 0.15) is 17.4 Å². The Hall–Kier alpha value is -2.10. The van der Waals surface area contributed by atoms with Gasteiger partial charge in [-0.3, -0.25) is 0 Å². The number of nitrogens with one attached hydrogen (secondary N) is 1. The van der Waals surface area contributed by atoms with Crippen molar-refractivity contribution in [1.29, 1.82) is 0 Å². The number of phenolic OH excluding ortho intramolecular Hbond substituents is 1. The molecule has 0 saturated heterocycles. The second-order valence-electron chi connectivity index (χ2n) is 4.57. The van der Waals surface area contributed by atoms with E-state index in [1.54, 1.807) is 18.2 Å². The van der Waals surface area contributed by atoms with Gasteiger partial charge in [0.25, 0.3) is 0 Å². The first-order valence-electron chi connectivity index (χ1n) is 5.95. The molecule has 2 rings (SSSR count). The maximum absolute atomic E-state index is 13.6. The Bertz CT molecular complexity index is 611. The molecule has 0 bridgehead atoms. The van der Waals surface area contributed by atoms with Crippen LogP contribution in [-0.2, 0) is 6.54 Å². The smallest absolute Gasteiger partial charge is 0.146 e. The molecule has 100 valence electrons. The number of aromatic hydroxyl groups is 1. The molecule has 0 fully saturated rings. The van der Waals surface area contributed by atoms with Gasteiger partial charge in [-0.05, 0) is 31.5 Å². The van der Waals surface area contributed by atoms with Crippen molar-refractivity contribution in [1.82, 2.24) is 0 Å². The van der Waals surface area contributed by atoms with Crippen LogP contribution in [0.5, 0.6) is 5.75 Å². The zero-order valence-corrected chi connectivity index (χ0v) is 10.8. The molecule has 0 radical (unpaired) electrons. The maximum Gasteiger partial charge on any atom is 0.146 e. The molecule has 0 heterocycles. The summed E-state index contributed by atoms with van der Waals surface area (Å²) in [6, 6.07) is 7.43. The fraction of sp³-hybridized carbons (Fsp3) is 0.200. The molecule has 0 aliphatic carbocycles. The second-order valence-corrected chi connectivity index (χ2v) is 4.57. The SMILES string of the molecule is Cc1ccc(O)c(CNc2cc(F)c(C)cc2F)c1. The molecular weight excluding hydrogens is 248 g/mol.